The highest BCUT2D eigenvalue weighted by Gasteiger charge is 2.31. The summed E-state index contributed by atoms with van der Waals surface area (Å²) in [5.41, 5.74) is -0.460. The van der Waals surface area contributed by atoms with E-state index in [-0.39, 0.29) is 0 Å². The second kappa shape index (κ2) is 6.49. The lowest BCUT2D eigenvalue weighted by Gasteiger charge is -2.22. The van der Waals surface area contributed by atoms with Crippen molar-refractivity contribution >= 4 is 0 Å². The lowest BCUT2D eigenvalue weighted by atomic mass is 10.2. The van der Waals surface area contributed by atoms with Gasteiger partial charge in [-0.15, -0.1) is 0 Å². The van der Waals surface area contributed by atoms with Crippen LogP contribution >= 0.6 is 0 Å². The Bertz CT molecular complexity index is 303. The summed E-state index contributed by atoms with van der Waals surface area (Å²) in [7, 11) is 5.51. The summed E-state index contributed by atoms with van der Waals surface area (Å²) in [6.07, 6.45) is -2.58. The summed E-state index contributed by atoms with van der Waals surface area (Å²) in [5, 5.41) is 0. The summed E-state index contributed by atoms with van der Waals surface area (Å²) in [5.74, 6) is 0. The van der Waals surface area contributed by atoms with Gasteiger partial charge in [0.05, 0.1) is 5.57 Å². The SMILES string of the molecule is C=C/C(=C\C(=C)N(C)CCN(C)C)C(F)(F)F. The maximum absolute atomic E-state index is 12.5. The highest BCUT2D eigenvalue weighted by Crippen LogP contribution is 2.27. The largest absolute Gasteiger partial charge is 0.416 e. The summed E-state index contributed by atoms with van der Waals surface area (Å²) in [4.78, 5) is 3.63. The van der Waals surface area contributed by atoms with Crippen molar-refractivity contribution in [2.24, 2.45) is 0 Å². The smallest absolute Gasteiger partial charge is 0.374 e. The molecule has 0 saturated heterocycles. The van der Waals surface area contributed by atoms with E-state index in [4.69, 9.17) is 0 Å². The molecule has 0 saturated carbocycles. The fourth-order valence-electron chi connectivity index (χ4n) is 1.04. The minimum Gasteiger partial charge on any atom is -0.374 e. The highest BCUT2D eigenvalue weighted by molar-refractivity contribution is 5.30. The van der Waals surface area contributed by atoms with Gasteiger partial charge in [-0.05, 0) is 20.2 Å². The molecule has 17 heavy (non-hydrogen) atoms. The first-order valence-electron chi connectivity index (χ1n) is 5.14. The lowest BCUT2D eigenvalue weighted by Crippen LogP contribution is -2.27. The molecular weight excluding hydrogens is 229 g/mol. The molecule has 0 spiro atoms. The second-order valence-electron chi connectivity index (χ2n) is 4.02. The van der Waals surface area contributed by atoms with Crippen molar-refractivity contribution in [3.63, 3.8) is 0 Å². The Morgan fingerprint density at radius 1 is 1.18 bits per heavy atom. The molecule has 0 aliphatic heterocycles. The molecule has 0 bridgehead atoms. The van der Waals surface area contributed by atoms with Gasteiger partial charge in [-0.2, -0.15) is 13.2 Å². The number of rotatable bonds is 6. The molecule has 0 aromatic heterocycles. The van der Waals surface area contributed by atoms with Crippen LogP contribution in [0.15, 0.2) is 36.6 Å². The van der Waals surface area contributed by atoms with Crippen molar-refractivity contribution in [1.82, 2.24) is 9.80 Å². The first-order chi connectivity index (χ1) is 7.68. The Morgan fingerprint density at radius 2 is 1.71 bits per heavy atom. The van der Waals surface area contributed by atoms with Gasteiger partial charge in [-0.25, -0.2) is 0 Å². The third-order valence-corrected chi connectivity index (χ3v) is 2.24. The van der Waals surface area contributed by atoms with Crippen LogP contribution in [0.3, 0.4) is 0 Å². The van der Waals surface area contributed by atoms with Crippen molar-refractivity contribution < 1.29 is 13.2 Å². The van der Waals surface area contributed by atoms with Gasteiger partial charge in [0.25, 0.3) is 0 Å². The highest BCUT2D eigenvalue weighted by atomic mass is 19.4. The Balaban J connectivity index is 4.60. The van der Waals surface area contributed by atoms with Gasteiger partial charge in [0.15, 0.2) is 0 Å². The van der Waals surface area contributed by atoms with E-state index in [1.54, 1.807) is 11.9 Å². The number of likely N-dealkylation sites (N-methyl/N-ethyl adjacent to an activating group) is 2. The summed E-state index contributed by atoms with van der Waals surface area (Å²) < 4.78 is 37.4. The van der Waals surface area contributed by atoms with Crippen LogP contribution < -0.4 is 0 Å². The molecule has 0 heterocycles. The van der Waals surface area contributed by atoms with Crippen LogP contribution in [-0.2, 0) is 0 Å². The lowest BCUT2D eigenvalue weighted by molar-refractivity contribution is -0.0882. The average molecular weight is 248 g/mol. The van der Waals surface area contributed by atoms with Crippen molar-refractivity contribution in [3.05, 3.63) is 36.6 Å². The summed E-state index contributed by atoms with van der Waals surface area (Å²) in [6, 6.07) is 0. The molecule has 0 aromatic carbocycles. The topological polar surface area (TPSA) is 6.48 Å². The number of allylic oxidation sites excluding steroid dienone is 3. The maximum atomic E-state index is 12.5. The first-order valence-corrected chi connectivity index (χ1v) is 5.14. The predicted molar refractivity (Wildman–Crippen MR) is 64.7 cm³/mol. The molecule has 98 valence electrons. The molecule has 0 unspecified atom stereocenters. The van der Waals surface area contributed by atoms with Gasteiger partial charge in [0.1, 0.15) is 0 Å². The normalized spacial score (nSPS) is 12.8. The van der Waals surface area contributed by atoms with Crippen LogP contribution in [0.5, 0.6) is 0 Å². The first kappa shape index (κ1) is 15.8. The van der Waals surface area contributed by atoms with Crippen LogP contribution in [0.1, 0.15) is 0 Å². The number of nitrogens with zero attached hydrogens (tertiary/aromatic N) is 2. The van der Waals surface area contributed by atoms with E-state index < -0.39 is 11.7 Å². The zero-order valence-electron chi connectivity index (χ0n) is 10.5. The van der Waals surface area contributed by atoms with E-state index in [9.17, 15) is 13.2 Å². The Labute approximate surface area is 101 Å². The number of alkyl halides is 3. The zero-order valence-corrected chi connectivity index (χ0v) is 10.5. The number of hydrogen-bond donors (Lipinski definition) is 0. The predicted octanol–water partition coefficient (Wildman–Crippen LogP) is 2.67. The quantitative estimate of drug-likeness (QED) is 0.667. The maximum Gasteiger partial charge on any atom is 0.416 e. The molecule has 0 atom stereocenters. The molecule has 5 heteroatoms. The van der Waals surface area contributed by atoms with Gasteiger partial charge >= 0.3 is 6.18 Å². The van der Waals surface area contributed by atoms with Crippen LogP contribution in [0.2, 0.25) is 0 Å². The minimum absolute atomic E-state index is 0.319. The molecule has 0 N–H and O–H groups in total. The van der Waals surface area contributed by atoms with Gasteiger partial charge < -0.3 is 9.80 Å². The van der Waals surface area contributed by atoms with Gasteiger partial charge in [-0.1, -0.05) is 19.2 Å². The number of halogens is 3. The molecule has 0 aliphatic carbocycles. The van der Waals surface area contributed by atoms with Crippen molar-refractivity contribution in [2.45, 2.75) is 6.18 Å². The third kappa shape index (κ3) is 6.16. The molecule has 0 radical (unpaired) electrons. The van der Waals surface area contributed by atoms with Crippen LogP contribution in [0.25, 0.3) is 0 Å². The van der Waals surface area contributed by atoms with E-state index in [1.807, 2.05) is 19.0 Å². The second-order valence-corrected chi connectivity index (χ2v) is 4.02. The van der Waals surface area contributed by atoms with Crippen LogP contribution in [0.4, 0.5) is 13.2 Å². The summed E-state index contributed by atoms with van der Waals surface area (Å²) in [6.45, 7) is 8.14. The standard InChI is InChI=1S/C12H19F3N2/c1-6-11(12(13,14)15)9-10(2)17(5)8-7-16(3)4/h6,9H,1-2,7-8H2,3-5H3/b11-9+. The summed E-state index contributed by atoms with van der Waals surface area (Å²) >= 11 is 0. The van der Waals surface area contributed by atoms with Crippen molar-refractivity contribution in [1.29, 1.82) is 0 Å². The molecule has 0 aromatic rings. The van der Waals surface area contributed by atoms with Crippen LogP contribution in [0, 0.1) is 0 Å². The van der Waals surface area contributed by atoms with Crippen LogP contribution in [-0.4, -0.2) is 50.2 Å². The Hall–Kier alpha value is -1.23. The zero-order chi connectivity index (χ0) is 13.6. The van der Waals surface area contributed by atoms with E-state index in [0.717, 1.165) is 18.7 Å². The fourth-order valence-corrected chi connectivity index (χ4v) is 1.04. The van der Waals surface area contributed by atoms with E-state index in [2.05, 4.69) is 13.2 Å². The molecule has 0 amide bonds. The van der Waals surface area contributed by atoms with Gasteiger partial charge in [0, 0.05) is 25.8 Å². The molecule has 0 fully saturated rings. The minimum atomic E-state index is -4.38. The van der Waals surface area contributed by atoms with Gasteiger partial charge in [0.2, 0.25) is 0 Å². The average Bonchev–Trinajstić information content (AvgIpc) is 2.20. The van der Waals surface area contributed by atoms with Gasteiger partial charge in [-0.3, -0.25) is 0 Å². The molecular formula is C12H19F3N2. The Kier molecular flexibility index (Phi) is 6.02. The van der Waals surface area contributed by atoms with E-state index >= 15 is 0 Å². The molecule has 0 rings (SSSR count). The number of hydrogen-bond acceptors (Lipinski definition) is 2. The Morgan fingerprint density at radius 3 is 2.06 bits per heavy atom. The van der Waals surface area contributed by atoms with E-state index in [1.165, 1.54) is 0 Å². The monoisotopic (exact) mass is 248 g/mol. The molecule has 2 nitrogen and oxygen atoms in total. The van der Waals surface area contributed by atoms with Crippen molar-refractivity contribution in [2.75, 3.05) is 34.2 Å². The third-order valence-electron chi connectivity index (χ3n) is 2.24. The molecule has 0 aliphatic rings. The van der Waals surface area contributed by atoms with Crippen molar-refractivity contribution in [3.8, 4) is 0 Å². The fraction of sp³-hybridized carbons (Fsp3) is 0.500. The van der Waals surface area contributed by atoms with E-state index in [0.29, 0.717) is 12.2 Å².